The maximum Gasteiger partial charge on any atom is 0.0459 e. The highest BCUT2D eigenvalue weighted by Gasteiger charge is 2.19. The van der Waals surface area contributed by atoms with E-state index in [4.69, 9.17) is 10.2 Å². The normalized spacial score (nSPS) is 30.5. The summed E-state index contributed by atoms with van der Waals surface area (Å²) >= 11 is 0. The summed E-state index contributed by atoms with van der Waals surface area (Å²) in [6, 6.07) is 0. The zero-order chi connectivity index (χ0) is 8.81. The van der Waals surface area contributed by atoms with Crippen molar-refractivity contribution in [1.29, 1.82) is 0 Å². The molecule has 0 unspecified atom stereocenters. The maximum atomic E-state index is 8.91. The van der Waals surface area contributed by atoms with Crippen LogP contribution in [0.15, 0.2) is 0 Å². The van der Waals surface area contributed by atoms with Crippen LogP contribution in [-0.4, -0.2) is 23.4 Å². The molecule has 0 aromatic rings. The largest absolute Gasteiger partial charge is 0.396 e. The van der Waals surface area contributed by atoms with E-state index in [1.807, 2.05) is 0 Å². The molecule has 0 radical (unpaired) electrons. The Bertz CT molecular complexity index is 106. The van der Waals surface area contributed by atoms with Crippen molar-refractivity contribution in [2.75, 3.05) is 13.2 Å². The fraction of sp³-hybridized carbons (Fsp3) is 1.00. The Balaban J connectivity index is 2.09. The monoisotopic (exact) mass is 172 g/mol. The lowest BCUT2D eigenvalue weighted by Gasteiger charge is -2.26. The Morgan fingerprint density at radius 3 is 2.00 bits per heavy atom. The molecule has 0 atom stereocenters. The Morgan fingerprint density at radius 2 is 1.50 bits per heavy atom. The van der Waals surface area contributed by atoms with Crippen LogP contribution in [0.4, 0.5) is 0 Å². The van der Waals surface area contributed by atoms with E-state index in [9.17, 15) is 0 Å². The van der Waals surface area contributed by atoms with E-state index in [1.54, 1.807) is 0 Å². The summed E-state index contributed by atoms with van der Waals surface area (Å²) in [4.78, 5) is 0. The molecule has 1 aliphatic carbocycles. The summed E-state index contributed by atoms with van der Waals surface area (Å²) < 4.78 is 0. The first-order valence-corrected chi connectivity index (χ1v) is 5.08. The van der Waals surface area contributed by atoms with Gasteiger partial charge in [-0.05, 0) is 37.5 Å². The fourth-order valence-corrected chi connectivity index (χ4v) is 2.08. The minimum absolute atomic E-state index is 0.333. The topological polar surface area (TPSA) is 40.5 Å². The van der Waals surface area contributed by atoms with Crippen LogP contribution in [0.2, 0.25) is 0 Å². The van der Waals surface area contributed by atoms with Crippen molar-refractivity contribution >= 4 is 0 Å². The van der Waals surface area contributed by atoms with Gasteiger partial charge in [0.15, 0.2) is 0 Å². The fourth-order valence-electron chi connectivity index (χ4n) is 2.08. The third-order valence-electron chi connectivity index (χ3n) is 3.00. The van der Waals surface area contributed by atoms with Crippen LogP contribution in [0, 0.1) is 11.8 Å². The maximum absolute atomic E-state index is 8.91. The molecule has 1 aliphatic rings. The van der Waals surface area contributed by atoms with Crippen molar-refractivity contribution in [2.24, 2.45) is 11.8 Å². The van der Waals surface area contributed by atoms with Crippen molar-refractivity contribution in [3.63, 3.8) is 0 Å². The van der Waals surface area contributed by atoms with Gasteiger partial charge in [-0.25, -0.2) is 0 Å². The molecule has 2 heteroatoms. The van der Waals surface area contributed by atoms with Crippen molar-refractivity contribution in [3.8, 4) is 0 Å². The predicted molar refractivity (Wildman–Crippen MR) is 48.9 cm³/mol. The Morgan fingerprint density at radius 1 is 0.917 bits per heavy atom. The van der Waals surface area contributed by atoms with Crippen molar-refractivity contribution in [1.82, 2.24) is 0 Å². The summed E-state index contributed by atoms with van der Waals surface area (Å²) in [6.45, 7) is 0.701. The van der Waals surface area contributed by atoms with E-state index in [1.165, 1.54) is 32.1 Å². The molecule has 1 fully saturated rings. The van der Waals surface area contributed by atoms with Crippen molar-refractivity contribution < 1.29 is 10.2 Å². The van der Waals surface area contributed by atoms with Gasteiger partial charge in [0.25, 0.3) is 0 Å². The van der Waals surface area contributed by atoms with Gasteiger partial charge in [-0.2, -0.15) is 0 Å². The summed E-state index contributed by atoms with van der Waals surface area (Å²) in [7, 11) is 0. The third kappa shape index (κ3) is 3.11. The van der Waals surface area contributed by atoms with Gasteiger partial charge in [0.1, 0.15) is 0 Å². The minimum atomic E-state index is 0.333. The molecular weight excluding hydrogens is 152 g/mol. The second kappa shape index (κ2) is 5.55. The van der Waals surface area contributed by atoms with Crippen LogP contribution in [0.5, 0.6) is 0 Å². The highest BCUT2D eigenvalue weighted by atomic mass is 16.3. The standard InChI is InChI=1S/C10H20O2/c11-7-1-2-9-3-5-10(8-12)6-4-9/h9-12H,1-8H2. The van der Waals surface area contributed by atoms with Gasteiger partial charge < -0.3 is 10.2 Å². The molecule has 0 bridgehead atoms. The van der Waals surface area contributed by atoms with Gasteiger partial charge in [0, 0.05) is 13.2 Å². The molecule has 0 aromatic carbocycles. The number of hydrogen-bond donors (Lipinski definition) is 2. The molecule has 1 rings (SSSR count). The van der Waals surface area contributed by atoms with Gasteiger partial charge in [-0.15, -0.1) is 0 Å². The first-order chi connectivity index (χ1) is 5.86. The van der Waals surface area contributed by atoms with E-state index in [-0.39, 0.29) is 0 Å². The molecule has 0 saturated heterocycles. The summed E-state index contributed by atoms with van der Waals surface area (Å²) in [5.74, 6) is 1.38. The molecule has 0 aliphatic heterocycles. The quantitative estimate of drug-likeness (QED) is 0.675. The molecule has 2 N–H and O–H groups in total. The van der Waals surface area contributed by atoms with Gasteiger partial charge >= 0.3 is 0 Å². The third-order valence-corrected chi connectivity index (χ3v) is 3.00. The average Bonchev–Trinajstić information content (AvgIpc) is 2.15. The first-order valence-electron chi connectivity index (χ1n) is 5.08. The Kier molecular flexibility index (Phi) is 4.62. The van der Waals surface area contributed by atoms with Crippen LogP contribution in [0.3, 0.4) is 0 Å². The lowest BCUT2D eigenvalue weighted by Crippen LogP contribution is -2.17. The number of aliphatic hydroxyl groups excluding tert-OH is 2. The second-order valence-corrected chi connectivity index (χ2v) is 3.94. The van der Waals surface area contributed by atoms with Gasteiger partial charge in [0.05, 0.1) is 0 Å². The first kappa shape index (κ1) is 10.0. The zero-order valence-corrected chi connectivity index (χ0v) is 7.71. The van der Waals surface area contributed by atoms with E-state index < -0.39 is 0 Å². The van der Waals surface area contributed by atoms with Gasteiger partial charge in [-0.3, -0.25) is 0 Å². The number of aliphatic hydroxyl groups is 2. The average molecular weight is 172 g/mol. The lowest BCUT2D eigenvalue weighted by molar-refractivity contribution is 0.159. The predicted octanol–water partition coefficient (Wildman–Crippen LogP) is 1.56. The molecule has 0 heterocycles. The van der Waals surface area contributed by atoms with E-state index in [2.05, 4.69) is 0 Å². The van der Waals surface area contributed by atoms with Crippen LogP contribution >= 0.6 is 0 Å². The van der Waals surface area contributed by atoms with E-state index in [0.717, 1.165) is 12.3 Å². The summed E-state index contributed by atoms with van der Waals surface area (Å²) in [5, 5.41) is 17.6. The van der Waals surface area contributed by atoms with E-state index >= 15 is 0 Å². The summed E-state index contributed by atoms with van der Waals surface area (Å²) in [5.41, 5.74) is 0. The number of rotatable bonds is 4. The van der Waals surface area contributed by atoms with Gasteiger partial charge in [0.2, 0.25) is 0 Å². The molecule has 1 saturated carbocycles. The number of hydrogen-bond acceptors (Lipinski definition) is 2. The second-order valence-electron chi connectivity index (χ2n) is 3.94. The van der Waals surface area contributed by atoms with Crippen molar-refractivity contribution in [3.05, 3.63) is 0 Å². The Hall–Kier alpha value is -0.0800. The van der Waals surface area contributed by atoms with Crippen molar-refractivity contribution in [2.45, 2.75) is 38.5 Å². The molecule has 0 aromatic heterocycles. The highest BCUT2D eigenvalue weighted by molar-refractivity contribution is 4.71. The highest BCUT2D eigenvalue weighted by Crippen LogP contribution is 2.30. The lowest BCUT2D eigenvalue weighted by atomic mass is 9.80. The zero-order valence-electron chi connectivity index (χ0n) is 7.71. The molecule has 0 spiro atoms. The van der Waals surface area contributed by atoms with Crippen LogP contribution in [0.1, 0.15) is 38.5 Å². The molecule has 2 nitrogen and oxygen atoms in total. The van der Waals surface area contributed by atoms with E-state index in [0.29, 0.717) is 19.1 Å². The van der Waals surface area contributed by atoms with Crippen LogP contribution in [-0.2, 0) is 0 Å². The van der Waals surface area contributed by atoms with Crippen LogP contribution in [0.25, 0.3) is 0 Å². The minimum Gasteiger partial charge on any atom is -0.396 e. The van der Waals surface area contributed by atoms with Gasteiger partial charge in [-0.1, -0.05) is 12.8 Å². The summed E-state index contributed by atoms with van der Waals surface area (Å²) in [6.07, 6.45) is 7.01. The van der Waals surface area contributed by atoms with Crippen LogP contribution < -0.4 is 0 Å². The smallest absolute Gasteiger partial charge is 0.0459 e. The SMILES string of the molecule is OCCCC1CCC(CO)CC1. The molecule has 12 heavy (non-hydrogen) atoms. The molecular formula is C10H20O2. The molecule has 72 valence electrons. The Labute approximate surface area is 74.6 Å². The molecule has 0 amide bonds.